The van der Waals surface area contributed by atoms with Crippen LogP contribution < -0.4 is 0 Å². The van der Waals surface area contributed by atoms with Crippen LogP contribution in [0.2, 0.25) is 0 Å². The van der Waals surface area contributed by atoms with Crippen molar-refractivity contribution in [3.63, 3.8) is 0 Å². The maximum absolute atomic E-state index is 11.5. The molecule has 0 N–H and O–H groups in total. The fraction of sp³-hybridized carbons (Fsp3) is 0.636. The van der Waals surface area contributed by atoms with Crippen molar-refractivity contribution in [2.75, 3.05) is 13.2 Å². The van der Waals surface area contributed by atoms with E-state index in [1.165, 1.54) is 17.1 Å². The lowest BCUT2D eigenvalue weighted by molar-refractivity contribution is -0.141. The van der Waals surface area contributed by atoms with Crippen LogP contribution >= 0.6 is 0 Å². The minimum atomic E-state index is -0.181. The number of ether oxygens (including phenoxy) is 1. The van der Waals surface area contributed by atoms with Gasteiger partial charge in [0.1, 0.15) is 0 Å². The number of amides is 2. The smallest absolute Gasteiger partial charge is 0.253 e. The van der Waals surface area contributed by atoms with E-state index in [4.69, 9.17) is 4.74 Å². The molecule has 4 heteroatoms. The van der Waals surface area contributed by atoms with E-state index in [1.807, 2.05) is 6.92 Å². The normalized spacial score (nSPS) is 25.0. The van der Waals surface area contributed by atoms with Gasteiger partial charge in [0.15, 0.2) is 0 Å². The first-order valence-corrected chi connectivity index (χ1v) is 5.33. The summed E-state index contributed by atoms with van der Waals surface area (Å²) >= 11 is 0. The molecule has 0 spiro atoms. The molecule has 0 saturated carbocycles. The molecule has 15 heavy (non-hydrogen) atoms. The van der Waals surface area contributed by atoms with Crippen LogP contribution in [0, 0.1) is 5.92 Å². The quantitative estimate of drug-likeness (QED) is 0.630. The molecule has 0 aromatic carbocycles. The highest BCUT2D eigenvalue weighted by atomic mass is 16.5. The molecule has 1 unspecified atom stereocenters. The highest BCUT2D eigenvalue weighted by molar-refractivity contribution is 6.13. The van der Waals surface area contributed by atoms with Crippen LogP contribution in [0.25, 0.3) is 0 Å². The molecular weight excluding hydrogens is 194 g/mol. The third-order valence-corrected chi connectivity index (χ3v) is 3.20. The standard InChI is InChI=1S/C11H15NO3/c1-8(9-4-6-15-7-5-9)12-10(13)2-3-11(12)14/h2-3,8-9H,4-7H2,1H3. The number of carbonyl (C=O) groups is 2. The van der Waals surface area contributed by atoms with Crippen molar-refractivity contribution in [1.29, 1.82) is 0 Å². The van der Waals surface area contributed by atoms with Crippen molar-refractivity contribution in [3.05, 3.63) is 12.2 Å². The Kier molecular flexibility index (Phi) is 2.86. The highest BCUT2D eigenvalue weighted by Crippen LogP contribution is 2.24. The highest BCUT2D eigenvalue weighted by Gasteiger charge is 2.33. The molecule has 0 radical (unpaired) electrons. The molecule has 0 aromatic heterocycles. The van der Waals surface area contributed by atoms with Crippen molar-refractivity contribution in [1.82, 2.24) is 4.90 Å². The first-order valence-electron chi connectivity index (χ1n) is 5.33. The van der Waals surface area contributed by atoms with Crippen LogP contribution in [-0.2, 0) is 14.3 Å². The van der Waals surface area contributed by atoms with E-state index in [0.717, 1.165) is 26.1 Å². The van der Waals surface area contributed by atoms with Crippen LogP contribution in [0.1, 0.15) is 19.8 Å². The Balaban J connectivity index is 2.03. The van der Waals surface area contributed by atoms with E-state index in [2.05, 4.69) is 0 Å². The third-order valence-electron chi connectivity index (χ3n) is 3.20. The SMILES string of the molecule is CC(C1CCOCC1)N1C(=O)C=CC1=O. The average Bonchev–Trinajstić information content (AvgIpc) is 2.59. The number of carbonyl (C=O) groups excluding carboxylic acids is 2. The Labute approximate surface area is 88.9 Å². The van der Waals surface area contributed by atoms with Gasteiger partial charge in [-0.05, 0) is 25.7 Å². The van der Waals surface area contributed by atoms with Gasteiger partial charge in [0, 0.05) is 31.4 Å². The summed E-state index contributed by atoms with van der Waals surface area (Å²) in [7, 11) is 0. The first kappa shape index (κ1) is 10.4. The zero-order chi connectivity index (χ0) is 10.8. The number of hydrogen-bond donors (Lipinski definition) is 0. The second-order valence-corrected chi connectivity index (χ2v) is 4.07. The van der Waals surface area contributed by atoms with Crippen molar-refractivity contribution in [2.45, 2.75) is 25.8 Å². The van der Waals surface area contributed by atoms with Gasteiger partial charge < -0.3 is 4.74 Å². The Hall–Kier alpha value is -1.16. The largest absolute Gasteiger partial charge is 0.381 e. The number of hydrogen-bond acceptors (Lipinski definition) is 3. The van der Waals surface area contributed by atoms with Crippen LogP contribution in [-0.4, -0.2) is 36.0 Å². The Morgan fingerprint density at radius 3 is 2.33 bits per heavy atom. The van der Waals surface area contributed by atoms with Crippen molar-refractivity contribution in [2.24, 2.45) is 5.92 Å². The summed E-state index contributed by atoms with van der Waals surface area (Å²) in [6.07, 6.45) is 4.55. The van der Waals surface area contributed by atoms with Gasteiger partial charge in [0.25, 0.3) is 11.8 Å². The van der Waals surface area contributed by atoms with Gasteiger partial charge in [0.05, 0.1) is 0 Å². The lowest BCUT2D eigenvalue weighted by atomic mass is 9.92. The summed E-state index contributed by atoms with van der Waals surface area (Å²) in [4.78, 5) is 24.3. The predicted octanol–water partition coefficient (Wildman–Crippen LogP) is 0.726. The van der Waals surface area contributed by atoms with Gasteiger partial charge in [0.2, 0.25) is 0 Å². The summed E-state index contributed by atoms with van der Waals surface area (Å²) in [5.74, 6) is 0.0181. The molecule has 0 aromatic rings. The zero-order valence-corrected chi connectivity index (χ0v) is 8.81. The predicted molar refractivity (Wildman–Crippen MR) is 54.0 cm³/mol. The molecule has 1 fully saturated rings. The fourth-order valence-electron chi connectivity index (χ4n) is 2.22. The van der Waals surface area contributed by atoms with E-state index < -0.39 is 0 Å². The molecule has 82 valence electrons. The molecule has 2 heterocycles. The Morgan fingerprint density at radius 2 is 1.80 bits per heavy atom. The van der Waals surface area contributed by atoms with Gasteiger partial charge >= 0.3 is 0 Å². The number of nitrogens with zero attached hydrogens (tertiary/aromatic N) is 1. The third kappa shape index (κ3) is 1.95. The van der Waals surface area contributed by atoms with Crippen LogP contribution in [0.4, 0.5) is 0 Å². The van der Waals surface area contributed by atoms with E-state index in [0.29, 0.717) is 5.92 Å². The number of imide groups is 1. The summed E-state index contributed by atoms with van der Waals surface area (Å²) in [6.45, 7) is 3.41. The summed E-state index contributed by atoms with van der Waals surface area (Å²) in [5, 5.41) is 0. The molecular formula is C11H15NO3. The second-order valence-electron chi connectivity index (χ2n) is 4.07. The summed E-state index contributed by atoms with van der Waals surface area (Å²) in [6, 6.07) is -0.0103. The Bertz CT molecular complexity index is 287. The molecule has 1 saturated heterocycles. The maximum atomic E-state index is 11.5. The maximum Gasteiger partial charge on any atom is 0.253 e. The minimum absolute atomic E-state index is 0.0103. The molecule has 1 atom stereocenters. The number of rotatable bonds is 2. The molecule has 2 rings (SSSR count). The van der Waals surface area contributed by atoms with Crippen LogP contribution in [0.5, 0.6) is 0 Å². The van der Waals surface area contributed by atoms with Gasteiger partial charge in [-0.1, -0.05) is 0 Å². The fourth-order valence-corrected chi connectivity index (χ4v) is 2.22. The van der Waals surface area contributed by atoms with E-state index >= 15 is 0 Å². The summed E-state index contributed by atoms with van der Waals surface area (Å²) < 4.78 is 5.26. The van der Waals surface area contributed by atoms with Crippen molar-refractivity contribution < 1.29 is 14.3 Å². The Morgan fingerprint density at radius 1 is 1.27 bits per heavy atom. The summed E-state index contributed by atoms with van der Waals surface area (Å²) in [5.41, 5.74) is 0. The van der Waals surface area contributed by atoms with E-state index in [-0.39, 0.29) is 17.9 Å². The molecule has 2 aliphatic rings. The lowest BCUT2D eigenvalue weighted by Crippen LogP contribution is -2.44. The topological polar surface area (TPSA) is 46.6 Å². The van der Waals surface area contributed by atoms with Crippen LogP contribution in [0.15, 0.2) is 12.2 Å². The zero-order valence-electron chi connectivity index (χ0n) is 8.81. The molecule has 0 bridgehead atoms. The molecule has 2 amide bonds. The minimum Gasteiger partial charge on any atom is -0.381 e. The van der Waals surface area contributed by atoms with Crippen molar-refractivity contribution in [3.8, 4) is 0 Å². The first-order chi connectivity index (χ1) is 7.20. The van der Waals surface area contributed by atoms with Gasteiger partial charge in [-0.25, -0.2) is 0 Å². The molecule has 0 aliphatic carbocycles. The van der Waals surface area contributed by atoms with Crippen molar-refractivity contribution >= 4 is 11.8 Å². The van der Waals surface area contributed by atoms with Gasteiger partial charge in [-0.2, -0.15) is 0 Å². The van der Waals surface area contributed by atoms with E-state index in [1.54, 1.807) is 0 Å². The second kappa shape index (κ2) is 4.14. The lowest BCUT2D eigenvalue weighted by Gasteiger charge is -2.32. The molecule has 4 nitrogen and oxygen atoms in total. The van der Waals surface area contributed by atoms with Gasteiger partial charge in [-0.15, -0.1) is 0 Å². The van der Waals surface area contributed by atoms with Crippen LogP contribution in [0.3, 0.4) is 0 Å². The molecule has 2 aliphatic heterocycles. The average molecular weight is 209 g/mol. The van der Waals surface area contributed by atoms with E-state index in [9.17, 15) is 9.59 Å². The monoisotopic (exact) mass is 209 g/mol. The van der Waals surface area contributed by atoms with Gasteiger partial charge in [-0.3, -0.25) is 14.5 Å².